The number of aromatic hydroxyl groups is 1. The number of hydrogen-bond donors (Lipinski definition) is 5. The molecule has 3 aromatic rings. The Morgan fingerprint density at radius 2 is 1.75 bits per heavy atom. The molecule has 3 aromatic carbocycles. The van der Waals surface area contributed by atoms with E-state index >= 15 is 0 Å². The first-order valence-corrected chi connectivity index (χ1v) is 14.7. The summed E-state index contributed by atoms with van der Waals surface area (Å²) in [5.41, 5.74) is 9.47. The highest BCUT2D eigenvalue weighted by atomic mass is 16.5. The van der Waals surface area contributed by atoms with E-state index in [0.29, 0.717) is 30.7 Å². The first-order valence-electron chi connectivity index (χ1n) is 14.7. The van der Waals surface area contributed by atoms with Gasteiger partial charge in [0.1, 0.15) is 28.6 Å². The number of rotatable bonds is 8. The summed E-state index contributed by atoms with van der Waals surface area (Å²) in [6.07, 6.45) is 1.44. The molecule has 226 valence electrons. The Morgan fingerprint density at radius 3 is 2.48 bits per heavy atom. The lowest BCUT2D eigenvalue weighted by Gasteiger charge is -2.41. The highest BCUT2D eigenvalue weighted by Crippen LogP contribution is 2.52. The highest BCUT2D eigenvalue weighted by Gasteiger charge is 2.51. The standard InChI is InChI=1S/C35H34N2O7/c1-44-27-10-7-19(17-37-12-11-18-5-3-2-4-6-18)13-23(27)22-8-9-25(38)30-24(22)15-20-14-21-16-26(39)31(35(36)43)34(42)29(21)32(40)28(20)33(30)41/h2-10,13,20-21,29,37-38,41-42H,11-12,14-17H2,1H3,(H2,36,43)/t20-,21+,29?/m1/s1. The van der Waals surface area contributed by atoms with Gasteiger partial charge in [-0.1, -0.05) is 42.5 Å². The first kappa shape index (κ1) is 29.2. The number of aliphatic hydroxyl groups excluding tert-OH is 2. The van der Waals surface area contributed by atoms with Crippen LogP contribution in [0.15, 0.2) is 77.6 Å². The topological polar surface area (TPSA) is 159 Å². The van der Waals surface area contributed by atoms with Crippen LogP contribution in [0.2, 0.25) is 0 Å². The molecule has 6 N–H and O–H groups in total. The molecule has 44 heavy (non-hydrogen) atoms. The van der Waals surface area contributed by atoms with E-state index in [9.17, 15) is 29.7 Å². The summed E-state index contributed by atoms with van der Waals surface area (Å²) in [7, 11) is 1.58. The molecular weight excluding hydrogens is 560 g/mol. The van der Waals surface area contributed by atoms with Crippen LogP contribution < -0.4 is 15.8 Å². The number of benzene rings is 3. The molecule has 3 atom stereocenters. The summed E-state index contributed by atoms with van der Waals surface area (Å²) in [5.74, 6) is -4.95. The molecule has 0 spiro atoms. The van der Waals surface area contributed by atoms with Gasteiger partial charge in [0.15, 0.2) is 11.6 Å². The minimum atomic E-state index is -1.15. The van der Waals surface area contributed by atoms with Gasteiger partial charge < -0.3 is 31.1 Å². The third-order valence-electron chi connectivity index (χ3n) is 9.09. The van der Waals surface area contributed by atoms with Crippen LogP contribution in [0.25, 0.3) is 16.9 Å². The molecule has 0 radical (unpaired) electrons. The van der Waals surface area contributed by atoms with Crippen LogP contribution in [0, 0.1) is 17.8 Å². The number of Topliss-reactive ketones (excluding diaryl/α,β-unsaturated/α-hetero) is 2. The van der Waals surface area contributed by atoms with E-state index in [2.05, 4.69) is 17.4 Å². The Hall–Kier alpha value is -4.89. The number of carbonyl (C=O) groups excluding carboxylic acids is 3. The van der Waals surface area contributed by atoms with Crippen LogP contribution in [0.5, 0.6) is 11.5 Å². The Labute approximate surface area is 254 Å². The zero-order valence-electron chi connectivity index (χ0n) is 24.3. The summed E-state index contributed by atoms with van der Waals surface area (Å²) >= 11 is 0. The van der Waals surface area contributed by atoms with Gasteiger partial charge in [0.25, 0.3) is 5.91 Å². The second-order valence-corrected chi connectivity index (χ2v) is 11.7. The molecular formula is C35H34N2O7. The van der Waals surface area contributed by atoms with Crippen molar-refractivity contribution in [2.45, 2.75) is 32.2 Å². The number of ketones is 2. The Morgan fingerprint density at radius 1 is 0.977 bits per heavy atom. The third kappa shape index (κ3) is 5.03. The van der Waals surface area contributed by atoms with Crippen molar-refractivity contribution in [3.63, 3.8) is 0 Å². The molecule has 1 amide bonds. The van der Waals surface area contributed by atoms with E-state index in [1.165, 1.54) is 11.6 Å². The monoisotopic (exact) mass is 594 g/mol. The maximum absolute atomic E-state index is 13.7. The van der Waals surface area contributed by atoms with Gasteiger partial charge in [-0.05, 0) is 78.1 Å². The molecule has 1 fully saturated rings. The van der Waals surface area contributed by atoms with Gasteiger partial charge in [-0.2, -0.15) is 0 Å². The van der Waals surface area contributed by atoms with Crippen molar-refractivity contribution < 1.29 is 34.4 Å². The number of ether oxygens (including phenoxy) is 1. The minimum Gasteiger partial charge on any atom is -0.511 e. The van der Waals surface area contributed by atoms with Crippen molar-refractivity contribution in [1.29, 1.82) is 0 Å². The number of allylic oxidation sites excluding steroid dienone is 2. The highest BCUT2D eigenvalue weighted by molar-refractivity contribution is 6.21. The first-order chi connectivity index (χ1) is 21.2. The van der Waals surface area contributed by atoms with E-state index in [4.69, 9.17) is 10.5 Å². The quantitative estimate of drug-likeness (QED) is 0.191. The van der Waals surface area contributed by atoms with Crippen LogP contribution in [0.4, 0.5) is 0 Å². The van der Waals surface area contributed by atoms with Crippen molar-refractivity contribution in [2.24, 2.45) is 23.5 Å². The molecule has 0 bridgehead atoms. The van der Waals surface area contributed by atoms with Gasteiger partial charge in [0.2, 0.25) is 0 Å². The largest absolute Gasteiger partial charge is 0.511 e. The van der Waals surface area contributed by atoms with E-state index in [1.807, 2.05) is 36.4 Å². The van der Waals surface area contributed by atoms with Gasteiger partial charge in [-0.15, -0.1) is 0 Å². The fourth-order valence-electron chi connectivity index (χ4n) is 7.08. The minimum absolute atomic E-state index is 0.0826. The third-order valence-corrected chi connectivity index (χ3v) is 9.09. The predicted molar refractivity (Wildman–Crippen MR) is 164 cm³/mol. The van der Waals surface area contributed by atoms with Crippen molar-refractivity contribution in [1.82, 2.24) is 5.32 Å². The number of amides is 1. The number of nitrogens with two attached hydrogens (primary N) is 1. The lowest BCUT2D eigenvalue weighted by atomic mass is 9.61. The average Bonchev–Trinajstić information content (AvgIpc) is 2.99. The van der Waals surface area contributed by atoms with Gasteiger partial charge in [-0.25, -0.2) is 0 Å². The number of carbonyl (C=O) groups is 3. The lowest BCUT2D eigenvalue weighted by Crippen LogP contribution is -2.44. The van der Waals surface area contributed by atoms with Gasteiger partial charge in [0.05, 0.1) is 18.6 Å². The van der Waals surface area contributed by atoms with Crippen molar-refractivity contribution in [3.8, 4) is 22.6 Å². The molecule has 0 aliphatic heterocycles. The lowest BCUT2D eigenvalue weighted by molar-refractivity contribution is -0.127. The number of aliphatic hydroxyl groups is 2. The normalized spacial score (nSPS) is 21.1. The molecule has 9 nitrogen and oxygen atoms in total. The van der Waals surface area contributed by atoms with E-state index in [0.717, 1.165) is 29.7 Å². The number of phenolic OH excluding ortho intramolecular Hbond substituents is 1. The Balaban J connectivity index is 1.35. The van der Waals surface area contributed by atoms with Crippen molar-refractivity contribution in [3.05, 3.63) is 99.8 Å². The maximum Gasteiger partial charge on any atom is 0.255 e. The number of methoxy groups -OCH3 is 1. The zero-order chi connectivity index (χ0) is 31.1. The van der Waals surface area contributed by atoms with E-state index < -0.39 is 46.6 Å². The zero-order valence-corrected chi connectivity index (χ0v) is 24.3. The summed E-state index contributed by atoms with van der Waals surface area (Å²) in [6, 6.07) is 19.4. The van der Waals surface area contributed by atoms with Crippen LogP contribution >= 0.6 is 0 Å². The van der Waals surface area contributed by atoms with Gasteiger partial charge in [-0.3, -0.25) is 14.4 Å². The van der Waals surface area contributed by atoms with Crippen molar-refractivity contribution >= 4 is 23.2 Å². The molecule has 3 aliphatic carbocycles. The maximum atomic E-state index is 13.7. The van der Waals surface area contributed by atoms with E-state index in [1.54, 1.807) is 13.2 Å². The number of phenols is 1. The fourth-order valence-corrected chi connectivity index (χ4v) is 7.08. The average molecular weight is 595 g/mol. The number of nitrogens with one attached hydrogen (secondary N) is 1. The summed E-state index contributed by atoms with van der Waals surface area (Å²) < 4.78 is 5.71. The fraction of sp³-hybridized carbons (Fsp3) is 0.286. The van der Waals surface area contributed by atoms with E-state index in [-0.39, 0.29) is 29.1 Å². The summed E-state index contributed by atoms with van der Waals surface area (Å²) in [5, 5.41) is 36.7. The van der Waals surface area contributed by atoms with Gasteiger partial charge in [0, 0.05) is 24.1 Å². The molecule has 6 rings (SSSR count). The molecule has 9 heteroatoms. The molecule has 1 unspecified atom stereocenters. The smallest absolute Gasteiger partial charge is 0.255 e. The predicted octanol–water partition coefficient (Wildman–Crippen LogP) is 4.32. The van der Waals surface area contributed by atoms with Crippen molar-refractivity contribution in [2.75, 3.05) is 13.7 Å². The number of primary amides is 1. The van der Waals surface area contributed by atoms with Gasteiger partial charge >= 0.3 is 0 Å². The molecule has 1 saturated carbocycles. The van der Waals surface area contributed by atoms with Crippen LogP contribution in [0.1, 0.15) is 35.1 Å². The van der Waals surface area contributed by atoms with Crippen LogP contribution in [-0.4, -0.2) is 46.4 Å². The SMILES string of the molecule is COc1ccc(CNCCc2ccccc2)cc1-c1ccc(O)c2c1C[C@H]1C[C@H]3CC(=O)C(C(N)=O)=C(O)C3C(=O)C1=C2O. The Kier molecular flexibility index (Phi) is 7.73. The molecule has 3 aliphatic rings. The summed E-state index contributed by atoms with van der Waals surface area (Å²) in [4.78, 5) is 38.2. The van der Waals surface area contributed by atoms with Crippen LogP contribution in [0.3, 0.4) is 0 Å². The molecule has 0 saturated heterocycles. The number of hydrogen-bond acceptors (Lipinski definition) is 8. The number of fused-ring (bicyclic) bond motifs is 3. The second-order valence-electron chi connectivity index (χ2n) is 11.7. The van der Waals surface area contributed by atoms with Crippen LogP contribution in [-0.2, 0) is 33.8 Å². The Bertz CT molecular complexity index is 1740. The molecule has 0 heterocycles. The summed E-state index contributed by atoms with van der Waals surface area (Å²) in [6.45, 7) is 1.42. The molecule has 0 aromatic heterocycles. The second kappa shape index (κ2) is 11.7.